The average molecular weight is 292 g/mol. The molecule has 0 aromatic carbocycles. The Morgan fingerprint density at radius 2 is 2.19 bits per heavy atom. The molecule has 1 aliphatic heterocycles. The number of ether oxygens (including phenoxy) is 1. The van der Waals surface area contributed by atoms with Crippen LogP contribution in [0.3, 0.4) is 0 Å². The fourth-order valence-electron chi connectivity index (χ4n) is 2.90. The van der Waals surface area contributed by atoms with Gasteiger partial charge in [0.2, 0.25) is 0 Å². The SMILES string of the molecule is CCN1CCc2c(cc(C(C)=O)c(=O)n2CCCOC)C1. The summed E-state index contributed by atoms with van der Waals surface area (Å²) in [6.07, 6.45) is 1.64. The number of rotatable bonds is 6. The predicted molar refractivity (Wildman–Crippen MR) is 81.9 cm³/mol. The van der Waals surface area contributed by atoms with Crippen molar-refractivity contribution in [2.75, 3.05) is 26.8 Å². The minimum absolute atomic E-state index is 0.151. The first-order valence-corrected chi connectivity index (χ1v) is 7.56. The number of carbonyl (C=O) groups is 1. The normalized spacial score (nSPS) is 15.0. The van der Waals surface area contributed by atoms with Gasteiger partial charge in [0.1, 0.15) is 0 Å². The van der Waals surface area contributed by atoms with Crippen LogP contribution in [-0.4, -0.2) is 42.1 Å². The third-order valence-electron chi connectivity index (χ3n) is 4.11. The van der Waals surface area contributed by atoms with Crippen LogP contribution in [0.25, 0.3) is 0 Å². The number of methoxy groups -OCH3 is 1. The number of ketones is 1. The molecule has 0 N–H and O–H groups in total. The quantitative estimate of drug-likeness (QED) is 0.588. The Morgan fingerprint density at radius 3 is 2.81 bits per heavy atom. The molecule has 0 aliphatic carbocycles. The monoisotopic (exact) mass is 292 g/mol. The Morgan fingerprint density at radius 1 is 1.43 bits per heavy atom. The van der Waals surface area contributed by atoms with Crippen molar-refractivity contribution in [3.8, 4) is 0 Å². The van der Waals surface area contributed by atoms with Crippen molar-refractivity contribution in [2.24, 2.45) is 0 Å². The number of hydrogen-bond acceptors (Lipinski definition) is 4. The van der Waals surface area contributed by atoms with E-state index in [-0.39, 0.29) is 11.3 Å². The highest BCUT2D eigenvalue weighted by atomic mass is 16.5. The number of likely N-dealkylation sites (N-methyl/N-ethyl adjacent to an activating group) is 1. The van der Waals surface area contributed by atoms with E-state index >= 15 is 0 Å². The fraction of sp³-hybridized carbons (Fsp3) is 0.625. The minimum Gasteiger partial charge on any atom is -0.385 e. The van der Waals surface area contributed by atoms with E-state index in [4.69, 9.17) is 4.74 Å². The van der Waals surface area contributed by atoms with Gasteiger partial charge in [0.05, 0.1) is 5.56 Å². The molecule has 5 heteroatoms. The van der Waals surface area contributed by atoms with Gasteiger partial charge in [0.25, 0.3) is 5.56 Å². The van der Waals surface area contributed by atoms with E-state index in [0.29, 0.717) is 18.7 Å². The van der Waals surface area contributed by atoms with Crippen molar-refractivity contribution in [2.45, 2.75) is 39.8 Å². The van der Waals surface area contributed by atoms with Crippen molar-refractivity contribution in [3.63, 3.8) is 0 Å². The van der Waals surface area contributed by atoms with Crippen molar-refractivity contribution < 1.29 is 9.53 Å². The van der Waals surface area contributed by atoms with Gasteiger partial charge in [-0.3, -0.25) is 14.5 Å². The summed E-state index contributed by atoms with van der Waals surface area (Å²) >= 11 is 0. The van der Waals surface area contributed by atoms with Gasteiger partial charge in [-0.2, -0.15) is 0 Å². The lowest BCUT2D eigenvalue weighted by Gasteiger charge is -2.30. The number of Topliss-reactive ketones (excluding diaryl/α,β-unsaturated/α-hetero) is 1. The second-order valence-electron chi connectivity index (χ2n) is 5.51. The molecule has 21 heavy (non-hydrogen) atoms. The van der Waals surface area contributed by atoms with E-state index in [1.54, 1.807) is 17.7 Å². The summed E-state index contributed by atoms with van der Waals surface area (Å²) in [6.45, 7) is 7.59. The van der Waals surface area contributed by atoms with Gasteiger partial charge >= 0.3 is 0 Å². The third-order valence-corrected chi connectivity index (χ3v) is 4.11. The molecule has 0 bridgehead atoms. The first-order chi connectivity index (χ1) is 10.1. The van der Waals surface area contributed by atoms with Gasteiger partial charge in [0.15, 0.2) is 5.78 Å². The summed E-state index contributed by atoms with van der Waals surface area (Å²) < 4.78 is 6.86. The summed E-state index contributed by atoms with van der Waals surface area (Å²) in [5.41, 5.74) is 2.36. The first-order valence-electron chi connectivity index (χ1n) is 7.56. The van der Waals surface area contributed by atoms with Crippen molar-refractivity contribution >= 4 is 5.78 Å². The Balaban J connectivity index is 2.43. The van der Waals surface area contributed by atoms with Crippen LogP contribution >= 0.6 is 0 Å². The fourth-order valence-corrected chi connectivity index (χ4v) is 2.90. The largest absolute Gasteiger partial charge is 0.385 e. The lowest BCUT2D eigenvalue weighted by Crippen LogP contribution is -2.37. The number of pyridine rings is 1. The molecule has 5 nitrogen and oxygen atoms in total. The van der Waals surface area contributed by atoms with Crippen LogP contribution in [-0.2, 0) is 24.2 Å². The van der Waals surface area contributed by atoms with E-state index in [1.807, 2.05) is 0 Å². The van der Waals surface area contributed by atoms with Crippen LogP contribution in [0.5, 0.6) is 0 Å². The zero-order chi connectivity index (χ0) is 15.4. The molecule has 0 unspecified atom stereocenters. The Labute approximate surface area is 125 Å². The van der Waals surface area contributed by atoms with Crippen LogP contribution in [0, 0.1) is 0 Å². The minimum atomic E-state index is -0.156. The van der Waals surface area contributed by atoms with Gasteiger partial charge < -0.3 is 9.30 Å². The maximum absolute atomic E-state index is 12.5. The molecule has 0 atom stereocenters. The van der Waals surface area contributed by atoms with Gasteiger partial charge in [-0.05, 0) is 31.5 Å². The van der Waals surface area contributed by atoms with E-state index in [2.05, 4.69) is 11.8 Å². The zero-order valence-electron chi connectivity index (χ0n) is 13.1. The van der Waals surface area contributed by atoms with Crippen LogP contribution in [0.2, 0.25) is 0 Å². The van der Waals surface area contributed by atoms with Gasteiger partial charge in [0, 0.05) is 45.5 Å². The maximum atomic E-state index is 12.5. The molecule has 0 spiro atoms. The van der Waals surface area contributed by atoms with Crippen molar-refractivity contribution in [3.05, 3.63) is 33.2 Å². The average Bonchev–Trinajstić information content (AvgIpc) is 2.48. The summed E-state index contributed by atoms with van der Waals surface area (Å²) in [5.74, 6) is -0.156. The van der Waals surface area contributed by atoms with E-state index in [9.17, 15) is 9.59 Å². The molecular formula is C16H24N2O3. The van der Waals surface area contributed by atoms with E-state index in [1.165, 1.54) is 6.92 Å². The number of carbonyl (C=O) groups excluding carboxylic acids is 1. The van der Waals surface area contributed by atoms with Crippen molar-refractivity contribution in [1.29, 1.82) is 0 Å². The van der Waals surface area contributed by atoms with Gasteiger partial charge in [-0.15, -0.1) is 0 Å². The van der Waals surface area contributed by atoms with Crippen LogP contribution in [0.15, 0.2) is 10.9 Å². The Hall–Kier alpha value is -1.46. The molecule has 0 saturated heterocycles. The summed E-state index contributed by atoms with van der Waals surface area (Å²) in [6, 6.07) is 1.80. The highest BCUT2D eigenvalue weighted by molar-refractivity contribution is 5.93. The molecule has 0 saturated carbocycles. The van der Waals surface area contributed by atoms with E-state index in [0.717, 1.165) is 43.7 Å². The van der Waals surface area contributed by atoms with Gasteiger partial charge in [-0.25, -0.2) is 0 Å². The Kier molecular flexibility index (Phi) is 5.31. The number of fused-ring (bicyclic) bond motifs is 1. The molecular weight excluding hydrogens is 268 g/mol. The van der Waals surface area contributed by atoms with E-state index < -0.39 is 0 Å². The second-order valence-corrected chi connectivity index (χ2v) is 5.51. The van der Waals surface area contributed by atoms with Crippen LogP contribution in [0.4, 0.5) is 0 Å². The topological polar surface area (TPSA) is 51.5 Å². The lowest BCUT2D eigenvalue weighted by atomic mass is 10.0. The molecule has 0 radical (unpaired) electrons. The third kappa shape index (κ3) is 3.41. The highest BCUT2D eigenvalue weighted by Gasteiger charge is 2.22. The highest BCUT2D eigenvalue weighted by Crippen LogP contribution is 2.19. The molecule has 1 aliphatic rings. The lowest BCUT2D eigenvalue weighted by molar-refractivity contribution is 0.101. The molecule has 1 aromatic heterocycles. The predicted octanol–water partition coefficient (Wildman–Crippen LogP) is 1.47. The van der Waals surface area contributed by atoms with Crippen LogP contribution < -0.4 is 5.56 Å². The number of nitrogens with zero attached hydrogens (tertiary/aromatic N) is 2. The summed E-state index contributed by atoms with van der Waals surface area (Å²) in [4.78, 5) is 26.6. The molecule has 0 amide bonds. The zero-order valence-corrected chi connectivity index (χ0v) is 13.1. The Bertz CT molecular complexity index is 578. The standard InChI is InChI=1S/C16H24N2O3/c1-4-17-8-6-15-13(11-17)10-14(12(2)19)16(20)18(15)7-5-9-21-3/h10H,4-9,11H2,1-3H3. The molecule has 116 valence electrons. The second kappa shape index (κ2) is 7.00. The van der Waals surface area contributed by atoms with Crippen molar-refractivity contribution in [1.82, 2.24) is 9.47 Å². The molecule has 1 aromatic rings. The molecule has 2 rings (SSSR count). The number of aromatic nitrogens is 1. The smallest absolute Gasteiger partial charge is 0.261 e. The number of hydrogen-bond donors (Lipinski definition) is 0. The summed E-state index contributed by atoms with van der Waals surface area (Å²) in [5, 5.41) is 0. The van der Waals surface area contributed by atoms with Crippen LogP contribution in [0.1, 0.15) is 41.9 Å². The summed E-state index contributed by atoms with van der Waals surface area (Å²) in [7, 11) is 1.66. The van der Waals surface area contributed by atoms with Gasteiger partial charge in [-0.1, -0.05) is 6.92 Å². The first kappa shape index (κ1) is 15.9. The molecule has 2 heterocycles. The molecule has 0 fully saturated rings. The maximum Gasteiger partial charge on any atom is 0.261 e.